The van der Waals surface area contributed by atoms with E-state index in [2.05, 4.69) is 15.5 Å². The topological polar surface area (TPSA) is 78.0 Å². The third-order valence-corrected chi connectivity index (χ3v) is 3.32. The summed E-state index contributed by atoms with van der Waals surface area (Å²) in [6, 6.07) is 0. The van der Waals surface area contributed by atoms with Crippen molar-refractivity contribution in [2.45, 2.75) is 25.3 Å². The van der Waals surface area contributed by atoms with Gasteiger partial charge >= 0.3 is 5.97 Å². The van der Waals surface area contributed by atoms with E-state index in [-0.39, 0.29) is 17.9 Å². The largest absolute Gasteiger partial charge is 0.481 e. The summed E-state index contributed by atoms with van der Waals surface area (Å²) < 4.78 is 0. The molecule has 2 rings (SSSR count). The summed E-state index contributed by atoms with van der Waals surface area (Å²) in [6.45, 7) is 2.90. The molecule has 82 valence electrons. The second-order valence-corrected chi connectivity index (χ2v) is 4.20. The van der Waals surface area contributed by atoms with Gasteiger partial charge in [0.15, 0.2) is 0 Å². The molecule has 0 amide bonds. The molecule has 1 aliphatic rings. The third-order valence-electron chi connectivity index (χ3n) is 3.32. The second kappa shape index (κ2) is 3.66. The van der Waals surface area contributed by atoms with Gasteiger partial charge in [-0.2, -0.15) is 5.10 Å². The van der Waals surface area contributed by atoms with Gasteiger partial charge in [0.1, 0.15) is 0 Å². The van der Waals surface area contributed by atoms with Crippen molar-refractivity contribution in [1.82, 2.24) is 15.5 Å². The SMILES string of the molecule is CC1(c2cn[nH]c2)NCCC1CC(=O)O. The van der Waals surface area contributed by atoms with Gasteiger partial charge in [0.2, 0.25) is 0 Å². The molecule has 1 fully saturated rings. The zero-order valence-corrected chi connectivity index (χ0v) is 8.66. The van der Waals surface area contributed by atoms with Crippen LogP contribution in [0.4, 0.5) is 0 Å². The molecule has 1 saturated heterocycles. The Morgan fingerprint density at radius 1 is 1.80 bits per heavy atom. The van der Waals surface area contributed by atoms with Gasteiger partial charge in [-0.15, -0.1) is 0 Å². The van der Waals surface area contributed by atoms with E-state index >= 15 is 0 Å². The molecule has 15 heavy (non-hydrogen) atoms. The number of hydrogen-bond donors (Lipinski definition) is 3. The Bertz CT molecular complexity index is 350. The van der Waals surface area contributed by atoms with Gasteiger partial charge in [0.25, 0.3) is 0 Å². The first-order chi connectivity index (χ1) is 7.13. The molecule has 1 aromatic rings. The highest BCUT2D eigenvalue weighted by Gasteiger charge is 2.41. The van der Waals surface area contributed by atoms with Crippen LogP contribution in [0.3, 0.4) is 0 Å². The van der Waals surface area contributed by atoms with Crippen LogP contribution in [0, 0.1) is 5.92 Å². The smallest absolute Gasteiger partial charge is 0.303 e. The molecule has 1 aliphatic heterocycles. The maximum atomic E-state index is 10.8. The summed E-state index contributed by atoms with van der Waals surface area (Å²) in [5.74, 6) is -0.606. The lowest BCUT2D eigenvalue weighted by molar-refractivity contribution is -0.138. The molecule has 0 bridgehead atoms. The standard InChI is InChI=1S/C10H15N3O2/c1-10(8-5-12-13-6-8)7(2-3-11-10)4-9(14)15/h5-7,11H,2-4H2,1H3,(H,12,13)(H,14,15). The first-order valence-corrected chi connectivity index (χ1v) is 5.09. The van der Waals surface area contributed by atoms with Crippen molar-refractivity contribution in [2.24, 2.45) is 5.92 Å². The van der Waals surface area contributed by atoms with Gasteiger partial charge in [0, 0.05) is 17.3 Å². The normalized spacial score (nSPS) is 30.6. The van der Waals surface area contributed by atoms with Crippen molar-refractivity contribution in [1.29, 1.82) is 0 Å². The number of nitrogens with one attached hydrogen (secondary N) is 2. The quantitative estimate of drug-likeness (QED) is 0.685. The number of carboxylic acids is 1. The van der Waals surface area contributed by atoms with Gasteiger partial charge in [-0.05, 0) is 25.8 Å². The molecule has 5 heteroatoms. The van der Waals surface area contributed by atoms with Crippen molar-refractivity contribution < 1.29 is 9.90 Å². The Labute approximate surface area is 87.9 Å². The molecular formula is C10H15N3O2. The average Bonchev–Trinajstić information content (AvgIpc) is 2.76. The lowest BCUT2D eigenvalue weighted by Gasteiger charge is -2.29. The molecule has 1 aromatic heterocycles. The number of carboxylic acid groups (broad SMARTS) is 1. The highest BCUT2D eigenvalue weighted by molar-refractivity contribution is 5.67. The lowest BCUT2D eigenvalue weighted by Crippen LogP contribution is -2.39. The van der Waals surface area contributed by atoms with Crippen LogP contribution < -0.4 is 5.32 Å². The summed E-state index contributed by atoms with van der Waals surface area (Å²) in [5.41, 5.74) is 0.775. The molecule has 0 spiro atoms. The number of hydrogen-bond acceptors (Lipinski definition) is 3. The zero-order valence-electron chi connectivity index (χ0n) is 8.66. The fraction of sp³-hybridized carbons (Fsp3) is 0.600. The predicted molar refractivity (Wildman–Crippen MR) is 54.3 cm³/mol. The molecule has 2 atom stereocenters. The summed E-state index contributed by atoms with van der Waals surface area (Å²) in [6.07, 6.45) is 4.68. The van der Waals surface area contributed by atoms with E-state index in [1.54, 1.807) is 6.20 Å². The number of H-pyrrole nitrogens is 1. The lowest BCUT2D eigenvalue weighted by atomic mass is 9.81. The zero-order chi connectivity index (χ0) is 10.9. The Kier molecular flexibility index (Phi) is 2.48. The minimum Gasteiger partial charge on any atom is -0.481 e. The first-order valence-electron chi connectivity index (χ1n) is 5.09. The number of nitrogens with zero attached hydrogens (tertiary/aromatic N) is 1. The maximum absolute atomic E-state index is 10.8. The molecule has 0 saturated carbocycles. The monoisotopic (exact) mass is 209 g/mol. The Morgan fingerprint density at radius 2 is 2.60 bits per heavy atom. The van der Waals surface area contributed by atoms with Crippen LogP contribution >= 0.6 is 0 Å². The Hall–Kier alpha value is -1.36. The van der Waals surface area contributed by atoms with E-state index < -0.39 is 5.97 Å². The Balaban J connectivity index is 2.22. The summed E-state index contributed by atoms with van der Waals surface area (Å²) in [4.78, 5) is 10.8. The number of aromatic nitrogens is 2. The highest BCUT2D eigenvalue weighted by atomic mass is 16.4. The molecule has 2 unspecified atom stereocenters. The summed E-state index contributed by atoms with van der Waals surface area (Å²) in [7, 11) is 0. The number of rotatable bonds is 3. The van der Waals surface area contributed by atoms with Crippen LogP contribution in [0.15, 0.2) is 12.4 Å². The molecule has 3 N–H and O–H groups in total. The van der Waals surface area contributed by atoms with Crippen LogP contribution in [0.1, 0.15) is 25.3 Å². The maximum Gasteiger partial charge on any atom is 0.303 e. The molecule has 0 radical (unpaired) electrons. The van der Waals surface area contributed by atoms with Gasteiger partial charge in [0.05, 0.1) is 12.6 Å². The number of carbonyl (C=O) groups is 1. The number of aliphatic carboxylic acids is 1. The fourth-order valence-corrected chi connectivity index (χ4v) is 2.33. The van der Waals surface area contributed by atoms with Crippen molar-refractivity contribution in [3.8, 4) is 0 Å². The van der Waals surface area contributed by atoms with Crippen molar-refractivity contribution in [2.75, 3.05) is 6.54 Å². The van der Waals surface area contributed by atoms with Crippen LogP contribution in [0.5, 0.6) is 0 Å². The van der Waals surface area contributed by atoms with E-state index in [4.69, 9.17) is 5.11 Å². The van der Waals surface area contributed by atoms with Crippen LogP contribution in [0.2, 0.25) is 0 Å². The van der Waals surface area contributed by atoms with Crippen molar-refractivity contribution >= 4 is 5.97 Å². The van der Waals surface area contributed by atoms with E-state index in [0.717, 1.165) is 18.5 Å². The number of aromatic amines is 1. The molecule has 0 aromatic carbocycles. The van der Waals surface area contributed by atoms with Gasteiger partial charge in [-0.1, -0.05) is 0 Å². The van der Waals surface area contributed by atoms with E-state index in [9.17, 15) is 4.79 Å². The Morgan fingerprint density at radius 3 is 3.20 bits per heavy atom. The summed E-state index contributed by atoms with van der Waals surface area (Å²) in [5, 5.41) is 18.9. The fourth-order valence-electron chi connectivity index (χ4n) is 2.33. The van der Waals surface area contributed by atoms with Crippen molar-refractivity contribution in [3.05, 3.63) is 18.0 Å². The van der Waals surface area contributed by atoms with Gasteiger partial charge in [-0.25, -0.2) is 0 Å². The first kappa shape index (κ1) is 10.2. The molecule has 5 nitrogen and oxygen atoms in total. The highest BCUT2D eigenvalue weighted by Crippen LogP contribution is 2.37. The minimum absolute atomic E-state index is 0.132. The molecule has 2 heterocycles. The van der Waals surface area contributed by atoms with Gasteiger partial charge in [-0.3, -0.25) is 9.89 Å². The van der Waals surface area contributed by atoms with Crippen LogP contribution in [0.25, 0.3) is 0 Å². The van der Waals surface area contributed by atoms with Crippen LogP contribution in [-0.4, -0.2) is 27.8 Å². The predicted octanol–water partition coefficient (Wildman–Crippen LogP) is 0.709. The van der Waals surface area contributed by atoms with E-state index in [1.165, 1.54) is 0 Å². The average molecular weight is 209 g/mol. The van der Waals surface area contributed by atoms with E-state index in [1.807, 2.05) is 13.1 Å². The van der Waals surface area contributed by atoms with Gasteiger partial charge < -0.3 is 10.4 Å². The van der Waals surface area contributed by atoms with Crippen molar-refractivity contribution in [3.63, 3.8) is 0 Å². The third kappa shape index (κ3) is 1.74. The van der Waals surface area contributed by atoms with E-state index in [0.29, 0.717) is 0 Å². The molecule has 0 aliphatic carbocycles. The van der Waals surface area contributed by atoms with Crippen LogP contribution in [-0.2, 0) is 10.3 Å². The minimum atomic E-state index is -0.738. The second-order valence-electron chi connectivity index (χ2n) is 4.20. The summed E-state index contributed by atoms with van der Waals surface area (Å²) >= 11 is 0. The molecular weight excluding hydrogens is 194 g/mol.